The number of allylic oxidation sites excluding steroid dienone is 3. The molecule has 0 spiro atoms. The normalized spacial score (nSPS) is 13.6. The molecule has 0 aliphatic heterocycles. The topological polar surface area (TPSA) is 69.6 Å². The minimum absolute atomic E-state index is 0.0776. The third-order valence-electron chi connectivity index (χ3n) is 6.93. The van der Waals surface area contributed by atoms with Crippen LogP contribution in [0, 0.1) is 0 Å². The average Bonchev–Trinajstić information content (AvgIpc) is 2.88. The Morgan fingerprint density at radius 1 is 0.639 bits per heavy atom. The summed E-state index contributed by atoms with van der Waals surface area (Å²) >= 11 is 0. The largest absolute Gasteiger partial charge is 0.394 e. The molecule has 212 valence electrons. The molecule has 0 aliphatic carbocycles. The molecule has 0 aliphatic rings. The summed E-state index contributed by atoms with van der Waals surface area (Å²) in [5.41, 5.74) is 0. The second-order valence-corrected chi connectivity index (χ2v) is 10.5. The predicted molar refractivity (Wildman–Crippen MR) is 156 cm³/mol. The first-order valence-corrected chi connectivity index (χ1v) is 15.6. The molecule has 0 aromatic carbocycles. The van der Waals surface area contributed by atoms with Gasteiger partial charge in [-0.3, -0.25) is 4.79 Å². The van der Waals surface area contributed by atoms with Crippen molar-refractivity contribution < 1.29 is 15.0 Å². The molecule has 3 N–H and O–H groups in total. The smallest absolute Gasteiger partial charge is 0.220 e. The predicted octanol–water partition coefficient (Wildman–Crippen LogP) is 8.56. The van der Waals surface area contributed by atoms with Crippen molar-refractivity contribution >= 4 is 5.91 Å². The van der Waals surface area contributed by atoms with Crippen LogP contribution in [-0.4, -0.2) is 34.9 Å². The third-order valence-corrected chi connectivity index (χ3v) is 6.93. The van der Waals surface area contributed by atoms with Crippen molar-refractivity contribution in [3.8, 4) is 0 Å². The number of nitrogens with one attached hydrogen (secondary N) is 1. The SMILES string of the molecule is CCCCCCCC/C=C\CCCCCCCC(=O)NC(CO)C(O)/C=C/CCCCCCCCC. The number of aliphatic hydroxyl groups is 2. The van der Waals surface area contributed by atoms with Crippen LogP contribution in [0.25, 0.3) is 0 Å². The van der Waals surface area contributed by atoms with Gasteiger partial charge in [-0.2, -0.15) is 0 Å². The number of aliphatic hydroxyl groups excluding tert-OH is 2. The molecular formula is C32H61NO3. The molecule has 2 atom stereocenters. The monoisotopic (exact) mass is 507 g/mol. The number of hydrogen-bond donors (Lipinski definition) is 3. The molecule has 4 heteroatoms. The summed E-state index contributed by atoms with van der Waals surface area (Å²) in [5, 5.41) is 22.7. The zero-order valence-corrected chi connectivity index (χ0v) is 24.0. The number of rotatable bonds is 27. The average molecular weight is 508 g/mol. The van der Waals surface area contributed by atoms with E-state index in [0.29, 0.717) is 6.42 Å². The van der Waals surface area contributed by atoms with Crippen LogP contribution in [0.4, 0.5) is 0 Å². The maximum atomic E-state index is 12.2. The zero-order chi connectivity index (χ0) is 26.5. The highest BCUT2D eigenvalue weighted by Crippen LogP contribution is 2.11. The lowest BCUT2D eigenvalue weighted by Gasteiger charge is -2.20. The minimum atomic E-state index is -0.836. The van der Waals surface area contributed by atoms with Gasteiger partial charge in [0.1, 0.15) is 0 Å². The molecule has 0 radical (unpaired) electrons. The van der Waals surface area contributed by atoms with E-state index in [0.717, 1.165) is 32.1 Å². The van der Waals surface area contributed by atoms with Crippen molar-refractivity contribution in [2.45, 2.75) is 167 Å². The Morgan fingerprint density at radius 3 is 1.53 bits per heavy atom. The van der Waals surface area contributed by atoms with Gasteiger partial charge in [-0.05, 0) is 44.9 Å². The summed E-state index contributed by atoms with van der Waals surface area (Å²) in [4.78, 5) is 12.2. The van der Waals surface area contributed by atoms with Crippen LogP contribution in [0.2, 0.25) is 0 Å². The number of unbranched alkanes of at least 4 members (excludes halogenated alkanes) is 18. The van der Waals surface area contributed by atoms with Gasteiger partial charge in [0.05, 0.1) is 18.8 Å². The van der Waals surface area contributed by atoms with Gasteiger partial charge < -0.3 is 15.5 Å². The van der Waals surface area contributed by atoms with E-state index in [2.05, 4.69) is 31.3 Å². The highest BCUT2D eigenvalue weighted by molar-refractivity contribution is 5.76. The molecule has 4 nitrogen and oxygen atoms in total. The molecule has 0 fully saturated rings. The van der Waals surface area contributed by atoms with E-state index in [9.17, 15) is 15.0 Å². The van der Waals surface area contributed by atoms with Crippen molar-refractivity contribution in [3.63, 3.8) is 0 Å². The summed E-state index contributed by atoms with van der Waals surface area (Å²) in [6, 6.07) is -0.620. The van der Waals surface area contributed by atoms with E-state index in [1.807, 2.05) is 6.08 Å². The van der Waals surface area contributed by atoms with Gasteiger partial charge in [0, 0.05) is 6.42 Å². The van der Waals surface area contributed by atoms with Crippen LogP contribution < -0.4 is 5.32 Å². The van der Waals surface area contributed by atoms with E-state index >= 15 is 0 Å². The Bertz CT molecular complexity index is 518. The molecule has 2 unspecified atom stereocenters. The van der Waals surface area contributed by atoms with Gasteiger partial charge in [-0.25, -0.2) is 0 Å². The zero-order valence-electron chi connectivity index (χ0n) is 24.0. The number of hydrogen-bond acceptors (Lipinski definition) is 3. The first-order valence-electron chi connectivity index (χ1n) is 15.6. The lowest BCUT2D eigenvalue weighted by atomic mass is 10.1. The van der Waals surface area contributed by atoms with Gasteiger partial charge in [0.2, 0.25) is 5.91 Å². The maximum absolute atomic E-state index is 12.2. The van der Waals surface area contributed by atoms with Crippen molar-refractivity contribution in [1.82, 2.24) is 5.32 Å². The highest BCUT2D eigenvalue weighted by atomic mass is 16.3. The molecule has 0 aromatic heterocycles. The van der Waals surface area contributed by atoms with Crippen molar-refractivity contribution in [3.05, 3.63) is 24.3 Å². The lowest BCUT2D eigenvalue weighted by Crippen LogP contribution is -2.45. The second kappa shape index (κ2) is 28.4. The van der Waals surface area contributed by atoms with Gasteiger partial charge in [-0.15, -0.1) is 0 Å². The van der Waals surface area contributed by atoms with Gasteiger partial charge in [-0.1, -0.05) is 128 Å². The molecule has 0 bridgehead atoms. The molecule has 36 heavy (non-hydrogen) atoms. The van der Waals surface area contributed by atoms with E-state index in [1.54, 1.807) is 6.08 Å². The third kappa shape index (κ3) is 24.6. The molecule has 0 saturated heterocycles. The standard InChI is InChI=1S/C32H61NO3/c1-3-5-7-9-11-13-14-15-16-17-18-20-22-24-26-28-32(36)33-30(29-34)31(35)27-25-23-21-19-12-10-8-6-4-2/h15-16,25,27,30-31,34-35H,3-14,17-24,26,28-29H2,1-2H3,(H,33,36)/b16-15-,27-25+. The minimum Gasteiger partial charge on any atom is -0.394 e. The Morgan fingerprint density at radius 2 is 1.06 bits per heavy atom. The molecule has 0 heterocycles. The van der Waals surface area contributed by atoms with Crippen LogP contribution >= 0.6 is 0 Å². The van der Waals surface area contributed by atoms with Gasteiger partial charge in [0.15, 0.2) is 0 Å². The molecule has 0 rings (SSSR count). The molecule has 0 aromatic rings. The van der Waals surface area contributed by atoms with Crippen molar-refractivity contribution in [1.29, 1.82) is 0 Å². The van der Waals surface area contributed by atoms with E-state index < -0.39 is 12.1 Å². The maximum Gasteiger partial charge on any atom is 0.220 e. The van der Waals surface area contributed by atoms with Crippen LogP contribution in [0.3, 0.4) is 0 Å². The van der Waals surface area contributed by atoms with E-state index in [4.69, 9.17) is 0 Å². The number of carbonyl (C=O) groups is 1. The van der Waals surface area contributed by atoms with E-state index in [-0.39, 0.29) is 12.5 Å². The number of amides is 1. The van der Waals surface area contributed by atoms with Crippen LogP contribution in [0.5, 0.6) is 0 Å². The summed E-state index contributed by atoms with van der Waals surface area (Å²) in [5.74, 6) is -0.0776. The lowest BCUT2D eigenvalue weighted by molar-refractivity contribution is -0.123. The Labute approximate surface area is 224 Å². The summed E-state index contributed by atoms with van der Waals surface area (Å²) in [7, 11) is 0. The van der Waals surface area contributed by atoms with Crippen LogP contribution in [0.15, 0.2) is 24.3 Å². The molecular weight excluding hydrogens is 446 g/mol. The fourth-order valence-corrected chi connectivity index (χ4v) is 4.46. The van der Waals surface area contributed by atoms with Crippen molar-refractivity contribution in [2.75, 3.05) is 6.61 Å². The Hall–Kier alpha value is -1.13. The second-order valence-electron chi connectivity index (χ2n) is 10.5. The fraction of sp³-hybridized carbons (Fsp3) is 0.844. The Balaban J connectivity index is 3.67. The van der Waals surface area contributed by atoms with Gasteiger partial charge >= 0.3 is 0 Å². The summed E-state index contributed by atoms with van der Waals surface area (Å²) in [6.07, 6.45) is 33.9. The first kappa shape index (κ1) is 34.9. The van der Waals surface area contributed by atoms with Crippen LogP contribution in [0.1, 0.15) is 155 Å². The van der Waals surface area contributed by atoms with Crippen molar-refractivity contribution in [2.24, 2.45) is 0 Å². The fourth-order valence-electron chi connectivity index (χ4n) is 4.46. The quantitative estimate of drug-likeness (QED) is 0.0770. The van der Waals surface area contributed by atoms with E-state index in [1.165, 1.54) is 103 Å². The summed E-state index contributed by atoms with van der Waals surface area (Å²) < 4.78 is 0. The number of carbonyl (C=O) groups excluding carboxylic acids is 1. The Kier molecular flexibility index (Phi) is 27.5. The first-order chi connectivity index (χ1) is 17.7. The van der Waals surface area contributed by atoms with Gasteiger partial charge in [0.25, 0.3) is 0 Å². The highest BCUT2D eigenvalue weighted by Gasteiger charge is 2.17. The summed E-state index contributed by atoms with van der Waals surface area (Å²) in [6.45, 7) is 4.25. The molecule has 1 amide bonds. The van der Waals surface area contributed by atoms with Crippen LogP contribution in [-0.2, 0) is 4.79 Å². The molecule has 0 saturated carbocycles.